The first-order valence-electron chi connectivity index (χ1n) is 9.21. The topological polar surface area (TPSA) is 91.4 Å². The number of fused-ring (bicyclic) bond motifs is 3. The van der Waals surface area contributed by atoms with Crippen LogP contribution in [0.1, 0.15) is 13.3 Å². The zero-order valence-electron chi connectivity index (χ0n) is 15.8. The highest BCUT2D eigenvalue weighted by Gasteiger charge is 2.27. The minimum absolute atomic E-state index is 0.185. The molecule has 0 N–H and O–H groups in total. The van der Waals surface area contributed by atoms with Crippen molar-refractivity contribution in [3.63, 3.8) is 0 Å². The lowest BCUT2D eigenvalue weighted by Crippen LogP contribution is -2.41. The zero-order chi connectivity index (χ0) is 19.8. The highest BCUT2D eigenvalue weighted by atomic mass is 16.5. The lowest BCUT2D eigenvalue weighted by molar-refractivity contribution is -0.143. The van der Waals surface area contributed by atoms with E-state index in [1.165, 1.54) is 4.57 Å². The van der Waals surface area contributed by atoms with Crippen LogP contribution < -0.4 is 16.1 Å². The van der Waals surface area contributed by atoms with Crippen LogP contribution >= 0.6 is 0 Å². The number of benzene rings is 1. The van der Waals surface area contributed by atoms with Crippen molar-refractivity contribution in [2.24, 2.45) is 7.05 Å². The van der Waals surface area contributed by atoms with E-state index in [2.05, 4.69) is 4.98 Å². The maximum absolute atomic E-state index is 13.1. The number of esters is 1. The molecule has 0 unspecified atom stereocenters. The van der Waals surface area contributed by atoms with E-state index in [0.717, 1.165) is 23.2 Å². The molecule has 0 saturated carbocycles. The normalized spacial score (nSPS) is 13.6. The van der Waals surface area contributed by atoms with E-state index in [9.17, 15) is 14.4 Å². The number of carbonyl (C=O) groups excluding carboxylic acids is 1. The first-order valence-corrected chi connectivity index (χ1v) is 9.21. The average Bonchev–Trinajstić information content (AvgIpc) is 3.10. The molecule has 0 saturated heterocycles. The molecule has 146 valence electrons. The van der Waals surface area contributed by atoms with Crippen molar-refractivity contribution >= 4 is 28.8 Å². The van der Waals surface area contributed by atoms with Crippen LogP contribution in [0.5, 0.6) is 0 Å². The molecule has 1 aliphatic heterocycles. The van der Waals surface area contributed by atoms with Gasteiger partial charge in [-0.15, -0.1) is 0 Å². The van der Waals surface area contributed by atoms with E-state index in [1.54, 1.807) is 14.0 Å². The Kier molecular flexibility index (Phi) is 4.50. The van der Waals surface area contributed by atoms with Crippen molar-refractivity contribution in [3.8, 4) is 0 Å². The van der Waals surface area contributed by atoms with E-state index in [1.807, 2.05) is 39.8 Å². The van der Waals surface area contributed by atoms with Crippen molar-refractivity contribution in [2.45, 2.75) is 26.4 Å². The highest BCUT2D eigenvalue weighted by Crippen LogP contribution is 2.30. The standard InChI is InChI=1S/C19H21N5O4/c1-3-28-14(25)12-24-17(26)15-16(21(2)19(24)27)20-18-22(10-7-11-23(15)18)13-8-5-4-6-9-13/h4-6,8-9H,3,7,10-12H2,1-2H3. The Morgan fingerprint density at radius 3 is 2.64 bits per heavy atom. The van der Waals surface area contributed by atoms with Crippen molar-refractivity contribution in [3.05, 3.63) is 51.2 Å². The predicted molar refractivity (Wildman–Crippen MR) is 104 cm³/mol. The van der Waals surface area contributed by atoms with Crippen LogP contribution in [0.25, 0.3) is 11.2 Å². The number of para-hydroxylation sites is 1. The molecule has 2 aromatic heterocycles. The fourth-order valence-electron chi connectivity index (χ4n) is 3.59. The number of rotatable bonds is 4. The van der Waals surface area contributed by atoms with E-state index in [-0.39, 0.29) is 6.61 Å². The molecular weight excluding hydrogens is 362 g/mol. The van der Waals surface area contributed by atoms with Crippen LogP contribution in [0, 0.1) is 0 Å². The summed E-state index contributed by atoms with van der Waals surface area (Å²) in [5.74, 6) is -0.00113. The molecule has 4 rings (SSSR count). The van der Waals surface area contributed by atoms with Gasteiger partial charge in [-0.25, -0.2) is 9.36 Å². The number of nitrogens with zero attached hydrogens (tertiary/aromatic N) is 5. The van der Waals surface area contributed by atoms with Crippen LogP contribution in [0.15, 0.2) is 39.9 Å². The minimum Gasteiger partial charge on any atom is -0.465 e. The van der Waals surface area contributed by atoms with Gasteiger partial charge in [-0.1, -0.05) is 18.2 Å². The lowest BCUT2D eigenvalue weighted by Gasteiger charge is -2.28. The number of aryl methyl sites for hydroxylation is 2. The molecule has 0 radical (unpaired) electrons. The Morgan fingerprint density at radius 1 is 1.18 bits per heavy atom. The van der Waals surface area contributed by atoms with Gasteiger partial charge in [0.25, 0.3) is 5.56 Å². The van der Waals surface area contributed by atoms with Gasteiger partial charge in [-0.2, -0.15) is 4.98 Å². The van der Waals surface area contributed by atoms with Gasteiger partial charge in [0.05, 0.1) is 6.61 Å². The molecule has 0 bridgehead atoms. The fourth-order valence-corrected chi connectivity index (χ4v) is 3.59. The molecular formula is C19H21N5O4. The number of hydrogen-bond donors (Lipinski definition) is 0. The van der Waals surface area contributed by atoms with Gasteiger partial charge in [0.2, 0.25) is 5.95 Å². The van der Waals surface area contributed by atoms with Crippen molar-refractivity contribution in [1.29, 1.82) is 0 Å². The van der Waals surface area contributed by atoms with Crippen molar-refractivity contribution in [2.75, 3.05) is 18.1 Å². The number of aromatic nitrogens is 4. The first kappa shape index (κ1) is 18.0. The summed E-state index contributed by atoms with van der Waals surface area (Å²) in [6.45, 7) is 2.82. The number of imidazole rings is 1. The van der Waals surface area contributed by atoms with Gasteiger partial charge < -0.3 is 14.2 Å². The molecule has 9 heteroatoms. The van der Waals surface area contributed by atoms with Gasteiger partial charge >= 0.3 is 11.7 Å². The number of anilines is 2. The SMILES string of the molecule is CCOC(=O)Cn1c(=O)c2c(nc3n2CCCN3c2ccccc2)n(C)c1=O. The monoisotopic (exact) mass is 383 g/mol. The second kappa shape index (κ2) is 6.99. The zero-order valence-corrected chi connectivity index (χ0v) is 15.8. The van der Waals surface area contributed by atoms with Crippen molar-refractivity contribution in [1.82, 2.24) is 18.7 Å². The summed E-state index contributed by atoms with van der Waals surface area (Å²) in [5, 5.41) is 0. The molecule has 0 aliphatic carbocycles. The third-order valence-corrected chi connectivity index (χ3v) is 4.88. The van der Waals surface area contributed by atoms with Crippen LogP contribution in [0.3, 0.4) is 0 Å². The Labute approximate surface area is 160 Å². The molecule has 1 aliphatic rings. The first-order chi connectivity index (χ1) is 13.5. The molecule has 0 spiro atoms. The molecule has 3 aromatic rings. The highest BCUT2D eigenvalue weighted by molar-refractivity contribution is 5.77. The van der Waals surface area contributed by atoms with Gasteiger partial charge in [0.1, 0.15) is 6.54 Å². The molecule has 28 heavy (non-hydrogen) atoms. The van der Waals surface area contributed by atoms with E-state index < -0.39 is 23.8 Å². The molecule has 9 nitrogen and oxygen atoms in total. The third-order valence-electron chi connectivity index (χ3n) is 4.88. The summed E-state index contributed by atoms with van der Waals surface area (Å²) >= 11 is 0. The molecule has 0 fully saturated rings. The summed E-state index contributed by atoms with van der Waals surface area (Å²) in [4.78, 5) is 44.3. The Balaban J connectivity index is 1.92. The maximum Gasteiger partial charge on any atom is 0.333 e. The van der Waals surface area contributed by atoms with Gasteiger partial charge in [-0.3, -0.25) is 14.2 Å². The number of ether oxygens (including phenoxy) is 1. The molecule has 0 atom stereocenters. The summed E-state index contributed by atoms with van der Waals surface area (Å²) in [6, 6.07) is 9.78. The van der Waals surface area contributed by atoms with Gasteiger partial charge in [0, 0.05) is 25.8 Å². The minimum atomic E-state index is -0.620. The maximum atomic E-state index is 13.1. The second-order valence-corrected chi connectivity index (χ2v) is 6.61. The molecule has 0 amide bonds. The Hall–Kier alpha value is -3.36. The Morgan fingerprint density at radius 2 is 1.93 bits per heavy atom. The van der Waals surface area contributed by atoms with Crippen LogP contribution in [0.2, 0.25) is 0 Å². The Bertz CT molecular complexity index is 1160. The largest absolute Gasteiger partial charge is 0.465 e. The van der Waals surface area contributed by atoms with Crippen LogP contribution in [-0.4, -0.2) is 37.8 Å². The quantitative estimate of drug-likeness (QED) is 0.625. The fraction of sp³-hybridized carbons (Fsp3) is 0.368. The number of hydrogen-bond acceptors (Lipinski definition) is 6. The van der Waals surface area contributed by atoms with Crippen molar-refractivity contribution < 1.29 is 9.53 Å². The average molecular weight is 383 g/mol. The smallest absolute Gasteiger partial charge is 0.333 e. The van der Waals surface area contributed by atoms with Crippen LogP contribution in [-0.2, 0) is 29.7 Å². The van der Waals surface area contributed by atoms with E-state index in [0.29, 0.717) is 23.7 Å². The molecule has 3 heterocycles. The third kappa shape index (κ3) is 2.79. The number of carbonyl (C=O) groups is 1. The van der Waals surface area contributed by atoms with Gasteiger partial charge in [-0.05, 0) is 25.5 Å². The summed E-state index contributed by atoms with van der Waals surface area (Å²) < 4.78 is 8.95. The summed E-state index contributed by atoms with van der Waals surface area (Å²) in [6.07, 6.45) is 0.827. The predicted octanol–water partition coefficient (Wildman–Crippen LogP) is 1.00. The lowest BCUT2D eigenvalue weighted by atomic mass is 10.2. The van der Waals surface area contributed by atoms with Gasteiger partial charge in [0.15, 0.2) is 11.2 Å². The molecule has 1 aromatic carbocycles. The summed E-state index contributed by atoms with van der Waals surface area (Å²) in [5.41, 5.74) is 0.484. The van der Waals surface area contributed by atoms with E-state index >= 15 is 0 Å². The summed E-state index contributed by atoms with van der Waals surface area (Å²) in [7, 11) is 1.55. The van der Waals surface area contributed by atoms with Crippen LogP contribution in [0.4, 0.5) is 11.6 Å². The second-order valence-electron chi connectivity index (χ2n) is 6.61. The van der Waals surface area contributed by atoms with E-state index in [4.69, 9.17) is 4.74 Å².